The van der Waals surface area contributed by atoms with E-state index in [2.05, 4.69) is 77.6 Å². The average Bonchev–Trinajstić information content (AvgIpc) is 3.09. The van der Waals surface area contributed by atoms with Gasteiger partial charge in [0, 0.05) is 36.2 Å². The number of hydrogen-bond donors (Lipinski definition) is 1. The van der Waals surface area contributed by atoms with Crippen molar-refractivity contribution < 1.29 is 0 Å². The van der Waals surface area contributed by atoms with Crippen LogP contribution in [0.2, 0.25) is 0 Å². The molecular weight excluding hydrogens is 364 g/mol. The molecule has 4 aliphatic carbocycles. The van der Waals surface area contributed by atoms with E-state index in [1.54, 1.807) is 0 Å². The highest BCUT2D eigenvalue weighted by Crippen LogP contribution is 2.61. The van der Waals surface area contributed by atoms with Gasteiger partial charge >= 0.3 is 0 Å². The standard InChI is InChI=1S/C28H34N2/c1-20(28-14-22-11-23(15-28)13-24(12-22)16-28)29-17-25-19-30(18-21-7-3-2-4-8-21)27-10-6-5-9-26(25)27/h2-10,19-20,22-24,29H,11-18H2,1H3/t20-,22?,23?,24?,28?/m0/s1. The number of benzene rings is 2. The third kappa shape index (κ3) is 3.21. The van der Waals surface area contributed by atoms with Crippen LogP contribution in [0.5, 0.6) is 0 Å². The van der Waals surface area contributed by atoms with Gasteiger partial charge in [0.1, 0.15) is 0 Å². The van der Waals surface area contributed by atoms with Crippen molar-refractivity contribution in [1.29, 1.82) is 0 Å². The highest BCUT2D eigenvalue weighted by Gasteiger charge is 2.52. The van der Waals surface area contributed by atoms with Crippen LogP contribution in [0.3, 0.4) is 0 Å². The van der Waals surface area contributed by atoms with Crippen LogP contribution in [0, 0.1) is 23.2 Å². The maximum absolute atomic E-state index is 4.01. The number of nitrogens with zero attached hydrogens (tertiary/aromatic N) is 1. The minimum atomic E-state index is 0.567. The van der Waals surface area contributed by atoms with Crippen molar-refractivity contribution in [3.8, 4) is 0 Å². The van der Waals surface area contributed by atoms with E-state index < -0.39 is 0 Å². The third-order valence-corrected chi connectivity index (χ3v) is 8.67. The molecule has 156 valence electrons. The fraction of sp³-hybridized carbons (Fsp3) is 0.500. The molecule has 1 N–H and O–H groups in total. The van der Waals surface area contributed by atoms with Crippen LogP contribution in [-0.4, -0.2) is 10.6 Å². The van der Waals surface area contributed by atoms with Crippen molar-refractivity contribution in [2.75, 3.05) is 0 Å². The minimum absolute atomic E-state index is 0.567. The van der Waals surface area contributed by atoms with Gasteiger partial charge in [0.15, 0.2) is 0 Å². The number of nitrogens with one attached hydrogen (secondary N) is 1. The van der Waals surface area contributed by atoms with Gasteiger partial charge in [-0.05, 0) is 85.8 Å². The molecule has 1 atom stereocenters. The summed E-state index contributed by atoms with van der Waals surface area (Å²) in [5, 5.41) is 5.41. The molecule has 7 rings (SSSR count). The van der Waals surface area contributed by atoms with Gasteiger partial charge in [0.05, 0.1) is 0 Å². The minimum Gasteiger partial charge on any atom is -0.343 e. The van der Waals surface area contributed by atoms with Crippen molar-refractivity contribution in [3.05, 3.63) is 71.9 Å². The average molecular weight is 399 g/mol. The molecule has 4 saturated carbocycles. The van der Waals surface area contributed by atoms with Crippen molar-refractivity contribution in [2.45, 2.75) is 64.6 Å². The van der Waals surface area contributed by atoms with Crippen LogP contribution in [0.1, 0.15) is 56.6 Å². The lowest BCUT2D eigenvalue weighted by atomic mass is 9.48. The second-order valence-corrected chi connectivity index (χ2v) is 10.7. The van der Waals surface area contributed by atoms with E-state index in [4.69, 9.17) is 0 Å². The summed E-state index contributed by atoms with van der Waals surface area (Å²) >= 11 is 0. The molecule has 0 unspecified atom stereocenters. The summed E-state index contributed by atoms with van der Waals surface area (Å²) in [4.78, 5) is 0. The fourth-order valence-electron chi connectivity index (χ4n) is 7.56. The number of rotatable bonds is 6. The van der Waals surface area contributed by atoms with E-state index in [-0.39, 0.29) is 0 Å². The van der Waals surface area contributed by atoms with Gasteiger partial charge in [-0.1, -0.05) is 48.5 Å². The second-order valence-electron chi connectivity index (χ2n) is 10.7. The molecule has 30 heavy (non-hydrogen) atoms. The summed E-state index contributed by atoms with van der Waals surface area (Å²) < 4.78 is 2.43. The lowest BCUT2D eigenvalue weighted by Gasteiger charge is -2.59. The summed E-state index contributed by atoms with van der Waals surface area (Å²) in [6, 6.07) is 20.3. The van der Waals surface area contributed by atoms with Crippen LogP contribution in [0.4, 0.5) is 0 Å². The van der Waals surface area contributed by atoms with Crippen molar-refractivity contribution >= 4 is 10.9 Å². The van der Waals surface area contributed by atoms with Crippen molar-refractivity contribution in [3.63, 3.8) is 0 Å². The molecule has 0 saturated heterocycles. The van der Waals surface area contributed by atoms with Crippen molar-refractivity contribution in [2.24, 2.45) is 23.2 Å². The molecule has 4 bridgehead atoms. The van der Waals surface area contributed by atoms with Crippen molar-refractivity contribution in [1.82, 2.24) is 9.88 Å². The van der Waals surface area contributed by atoms with Gasteiger partial charge in [-0.3, -0.25) is 0 Å². The fourth-order valence-corrected chi connectivity index (χ4v) is 7.56. The third-order valence-electron chi connectivity index (χ3n) is 8.67. The summed E-state index contributed by atoms with van der Waals surface area (Å²) in [5.41, 5.74) is 4.72. The van der Waals surface area contributed by atoms with Gasteiger partial charge in [-0.15, -0.1) is 0 Å². The Balaban J connectivity index is 1.22. The molecular formula is C28H34N2. The zero-order valence-corrected chi connectivity index (χ0v) is 18.2. The molecule has 0 amide bonds. The Morgan fingerprint density at radius 2 is 1.53 bits per heavy atom. The number of para-hydroxylation sites is 1. The predicted molar refractivity (Wildman–Crippen MR) is 124 cm³/mol. The Labute approximate surface area is 180 Å². The summed E-state index contributed by atoms with van der Waals surface area (Å²) in [6.45, 7) is 4.40. The number of fused-ring (bicyclic) bond motifs is 1. The first-order valence-electron chi connectivity index (χ1n) is 12.0. The Bertz CT molecular complexity index is 996. The molecule has 3 aromatic rings. The molecule has 0 radical (unpaired) electrons. The van der Waals surface area contributed by atoms with E-state index in [9.17, 15) is 0 Å². The van der Waals surface area contributed by atoms with E-state index in [0.29, 0.717) is 11.5 Å². The lowest BCUT2D eigenvalue weighted by molar-refractivity contribution is -0.0706. The molecule has 4 aliphatic rings. The number of aromatic nitrogens is 1. The SMILES string of the molecule is C[C@H](NCc1cn(Cc2ccccc2)c2ccccc12)C12CC3CC(CC(C3)C1)C2. The Kier molecular flexibility index (Phi) is 4.53. The van der Waals surface area contributed by atoms with E-state index in [1.165, 1.54) is 60.6 Å². The van der Waals surface area contributed by atoms with Crippen LogP contribution in [-0.2, 0) is 13.1 Å². The molecule has 0 aliphatic heterocycles. The molecule has 4 fully saturated rings. The van der Waals surface area contributed by atoms with Crippen LogP contribution in [0.15, 0.2) is 60.8 Å². The largest absolute Gasteiger partial charge is 0.343 e. The molecule has 1 heterocycles. The molecule has 2 aromatic carbocycles. The van der Waals surface area contributed by atoms with Gasteiger partial charge in [-0.25, -0.2) is 0 Å². The highest BCUT2D eigenvalue weighted by atomic mass is 15.0. The van der Waals surface area contributed by atoms with Crippen LogP contribution >= 0.6 is 0 Å². The maximum Gasteiger partial charge on any atom is 0.0486 e. The topological polar surface area (TPSA) is 17.0 Å². The first-order valence-corrected chi connectivity index (χ1v) is 12.0. The zero-order valence-electron chi connectivity index (χ0n) is 18.2. The van der Waals surface area contributed by atoms with E-state index in [1.807, 2.05) is 0 Å². The van der Waals surface area contributed by atoms with Gasteiger partial charge in [0.2, 0.25) is 0 Å². The van der Waals surface area contributed by atoms with Gasteiger partial charge in [0.25, 0.3) is 0 Å². The quantitative estimate of drug-likeness (QED) is 0.509. The summed E-state index contributed by atoms with van der Waals surface area (Å²) in [7, 11) is 0. The highest BCUT2D eigenvalue weighted by molar-refractivity contribution is 5.84. The monoisotopic (exact) mass is 398 g/mol. The molecule has 0 spiro atoms. The summed E-state index contributed by atoms with van der Waals surface area (Å²) in [5.74, 6) is 3.06. The normalized spacial score (nSPS) is 30.8. The summed E-state index contributed by atoms with van der Waals surface area (Å²) in [6.07, 6.45) is 11.4. The van der Waals surface area contributed by atoms with Gasteiger partial charge in [-0.2, -0.15) is 0 Å². The predicted octanol–water partition coefficient (Wildman–Crippen LogP) is 6.38. The number of hydrogen-bond acceptors (Lipinski definition) is 1. The van der Waals surface area contributed by atoms with Crippen LogP contribution < -0.4 is 5.32 Å². The maximum atomic E-state index is 4.01. The first kappa shape index (κ1) is 18.7. The zero-order chi connectivity index (χ0) is 20.1. The van der Waals surface area contributed by atoms with E-state index >= 15 is 0 Å². The smallest absolute Gasteiger partial charge is 0.0486 e. The molecule has 2 heteroatoms. The Hall–Kier alpha value is -2.06. The van der Waals surface area contributed by atoms with Crippen LogP contribution in [0.25, 0.3) is 10.9 Å². The molecule has 2 nitrogen and oxygen atoms in total. The van der Waals surface area contributed by atoms with Gasteiger partial charge < -0.3 is 9.88 Å². The Morgan fingerprint density at radius 3 is 2.23 bits per heavy atom. The first-order chi connectivity index (χ1) is 14.7. The second kappa shape index (κ2) is 7.27. The Morgan fingerprint density at radius 1 is 0.900 bits per heavy atom. The lowest BCUT2D eigenvalue weighted by Crippen LogP contribution is -2.54. The van der Waals surface area contributed by atoms with E-state index in [0.717, 1.165) is 30.8 Å². The molecule has 1 aromatic heterocycles.